The van der Waals surface area contributed by atoms with Gasteiger partial charge in [-0.25, -0.2) is 4.39 Å². The number of anilines is 1. The van der Waals surface area contributed by atoms with E-state index < -0.39 is 12.2 Å². The molecule has 0 aliphatic carbocycles. The highest BCUT2D eigenvalue weighted by atomic mass is 19.1. The second-order valence-electron chi connectivity index (χ2n) is 6.15. The topological polar surface area (TPSA) is 75.9 Å². The van der Waals surface area contributed by atoms with Gasteiger partial charge < -0.3 is 14.5 Å². The van der Waals surface area contributed by atoms with Crippen molar-refractivity contribution in [3.05, 3.63) is 18.0 Å². The van der Waals surface area contributed by atoms with Gasteiger partial charge >= 0.3 is 0 Å². The molecule has 24 heavy (non-hydrogen) atoms. The van der Waals surface area contributed by atoms with E-state index in [9.17, 15) is 9.18 Å². The van der Waals surface area contributed by atoms with Gasteiger partial charge in [0.25, 0.3) is 0 Å². The highest BCUT2D eigenvalue weighted by Gasteiger charge is 2.40. The van der Waals surface area contributed by atoms with Crippen molar-refractivity contribution in [2.75, 3.05) is 37.7 Å². The summed E-state index contributed by atoms with van der Waals surface area (Å²) in [5.74, 6) is 1.16. The Morgan fingerprint density at radius 2 is 2.08 bits per heavy atom. The van der Waals surface area contributed by atoms with Crippen LogP contribution in [0.2, 0.25) is 0 Å². The number of alkyl halides is 1. The molecule has 0 bridgehead atoms. The van der Waals surface area contributed by atoms with E-state index in [0.29, 0.717) is 43.6 Å². The van der Waals surface area contributed by atoms with Gasteiger partial charge in [-0.15, -0.1) is 15.3 Å². The first kappa shape index (κ1) is 15.3. The lowest BCUT2D eigenvalue weighted by molar-refractivity contribution is -0.136. The van der Waals surface area contributed by atoms with Crippen LogP contribution in [0.5, 0.6) is 0 Å². The molecule has 2 atom stereocenters. The van der Waals surface area contributed by atoms with Gasteiger partial charge in [-0.1, -0.05) is 0 Å². The maximum absolute atomic E-state index is 14.1. The number of halogens is 1. The molecule has 0 N–H and O–H groups in total. The Morgan fingerprint density at radius 1 is 1.29 bits per heavy atom. The molecular formula is C15H19FN6O2. The lowest BCUT2D eigenvalue weighted by Crippen LogP contribution is -2.50. The minimum absolute atomic E-state index is 0.0548. The molecule has 4 heterocycles. The van der Waals surface area contributed by atoms with E-state index in [1.54, 1.807) is 33.4 Å². The monoisotopic (exact) mass is 334 g/mol. The van der Waals surface area contributed by atoms with E-state index in [2.05, 4.69) is 15.3 Å². The van der Waals surface area contributed by atoms with Crippen LogP contribution in [0.15, 0.2) is 12.1 Å². The van der Waals surface area contributed by atoms with Gasteiger partial charge in [0.2, 0.25) is 5.91 Å². The Kier molecular flexibility index (Phi) is 3.79. The van der Waals surface area contributed by atoms with E-state index in [0.717, 1.165) is 0 Å². The molecular weight excluding hydrogens is 315 g/mol. The predicted molar refractivity (Wildman–Crippen MR) is 83.6 cm³/mol. The number of amides is 1. The summed E-state index contributed by atoms with van der Waals surface area (Å²) >= 11 is 0. The maximum Gasteiger partial charge on any atom is 0.245 e. The van der Waals surface area contributed by atoms with Crippen molar-refractivity contribution in [2.45, 2.75) is 25.6 Å². The standard InChI is InChI=1S/C15H19FN6O2/c1-10-17-18-13-2-3-14(19-22(10)13)21-9-11(16)8-12(21)15(23)20-4-6-24-7-5-20/h2-3,11-12H,4-9H2,1H3/t11-,12+/m1/s1. The molecule has 9 heteroatoms. The zero-order valence-electron chi connectivity index (χ0n) is 13.4. The number of carbonyl (C=O) groups is 1. The normalized spacial score (nSPS) is 24.8. The molecule has 2 fully saturated rings. The number of hydrogen-bond donors (Lipinski definition) is 0. The van der Waals surface area contributed by atoms with Crippen LogP contribution < -0.4 is 4.90 Å². The number of carbonyl (C=O) groups excluding carboxylic acids is 1. The van der Waals surface area contributed by atoms with E-state index in [-0.39, 0.29) is 18.9 Å². The van der Waals surface area contributed by atoms with E-state index in [1.165, 1.54) is 0 Å². The first-order chi connectivity index (χ1) is 11.6. The Morgan fingerprint density at radius 3 is 2.88 bits per heavy atom. The van der Waals surface area contributed by atoms with E-state index >= 15 is 0 Å². The zero-order valence-corrected chi connectivity index (χ0v) is 13.4. The smallest absolute Gasteiger partial charge is 0.245 e. The molecule has 2 aromatic heterocycles. The molecule has 0 spiro atoms. The summed E-state index contributed by atoms with van der Waals surface area (Å²) in [6, 6.07) is 3.02. The molecule has 128 valence electrons. The number of morpholine rings is 1. The van der Waals surface area contributed by atoms with Crippen LogP contribution in [0.1, 0.15) is 12.2 Å². The minimum Gasteiger partial charge on any atom is -0.378 e. The summed E-state index contributed by atoms with van der Waals surface area (Å²) in [7, 11) is 0. The zero-order chi connectivity index (χ0) is 16.7. The number of rotatable bonds is 2. The van der Waals surface area contributed by atoms with Crippen molar-refractivity contribution >= 4 is 17.4 Å². The maximum atomic E-state index is 14.1. The van der Waals surface area contributed by atoms with Crippen molar-refractivity contribution in [3.8, 4) is 0 Å². The first-order valence-electron chi connectivity index (χ1n) is 8.10. The van der Waals surface area contributed by atoms with Crippen molar-refractivity contribution in [1.82, 2.24) is 24.7 Å². The third-order valence-corrected chi connectivity index (χ3v) is 4.56. The fourth-order valence-electron chi connectivity index (χ4n) is 3.31. The summed E-state index contributed by atoms with van der Waals surface area (Å²) in [5, 5.41) is 12.5. The lowest BCUT2D eigenvalue weighted by Gasteiger charge is -2.32. The molecule has 0 radical (unpaired) electrons. The molecule has 2 aliphatic rings. The second kappa shape index (κ2) is 5.97. The molecule has 4 rings (SSSR count). The number of aryl methyl sites for hydroxylation is 1. The number of aromatic nitrogens is 4. The van der Waals surface area contributed by atoms with Crippen molar-refractivity contribution in [2.24, 2.45) is 0 Å². The Balaban J connectivity index is 1.63. The van der Waals surface area contributed by atoms with Crippen LogP contribution >= 0.6 is 0 Å². The third kappa shape index (κ3) is 2.58. The van der Waals surface area contributed by atoms with Crippen LogP contribution in [0.4, 0.5) is 10.2 Å². The van der Waals surface area contributed by atoms with Crippen molar-refractivity contribution < 1.29 is 13.9 Å². The molecule has 2 aromatic rings. The molecule has 1 amide bonds. The number of nitrogens with zero attached hydrogens (tertiary/aromatic N) is 6. The Hall–Kier alpha value is -2.29. The average molecular weight is 334 g/mol. The number of fused-ring (bicyclic) bond motifs is 1. The summed E-state index contributed by atoms with van der Waals surface area (Å²) in [5.41, 5.74) is 0.628. The van der Waals surface area contributed by atoms with Crippen LogP contribution in [0, 0.1) is 6.92 Å². The quantitative estimate of drug-likeness (QED) is 0.781. The van der Waals surface area contributed by atoms with Crippen LogP contribution in [0.25, 0.3) is 5.65 Å². The Bertz CT molecular complexity index is 760. The first-order valence-corrected chi connectivity index (χ1v) is 8.10. The fraction of sp³-hybridized carbons (Fsp3) is 0.600. The fourth-order valence-corrected chi connectivity index (χ4v) is 3.31. The SMILES string of the molecule is Cc1nnc2ccc(N3C[C@H](F)C[C@H]3C(=O)N3CCOCC3)nn12. The van der Waals surface area contributed by atoms with E-state index in [1.807, 2.05) is 0 Å². The third-order valence-electron chi connectivity index (χ3n) is 4.56. The van der Waals surface area contributed by atoms with Gasteiger partial charge in [0.05, 0.1) is 19.8 Å². The minimum atomic E-state index is -1.04. The average Bonchev–Trinajstić information content (AvgIpc) is 3.18. The Labute approximate surface area is 138 Å². The summed E-state index contributed by atoms with van der Waals surface area (Å²) in [4.78, 5) is 16.3. The van der Waals surface area contributed by atoms with Gasteiger partial charge in [0.1, 0.15) is 12.2 Å². The summed E-state index contributed by atoms with van der Waals surface area (Å²) < 4.78 is 21.0. The lowest BCUT2D eigenvalue weighted by atomic mass is 10.1. The molecule has 2 aliphatic heterocycles. The van der Waals surface area contributed by atoms with Crippen molar-refractivity contribution in [1.29, 1.82) is 0 Å². The number of hydrogen-bond acceptors (Lipinski definition) is 6. The summed E-state index contributed by atoms with van der Waals surface area (Å²) in [6.07, 6.45) is -0.851. The van der Waals surface area contributed by atoms with Gasteiger partial charge in [-0.05, 0) is 19.1 Å². The molecule has 2 saturated heterocycles. The summed E-state index contributed by atoms with van der Waals surface area (Å²) in [6.45, 7) is 4.13. The molecule has 0 saturated carbocycles. The predicted octanol–water partition coefficient (Wildman–Crippen LogP) is 0.208. The molecule has 8 nitrogen and oxygen atoms in total. The van der Waals surface area contributed by atoms with Gasteiger partial charge in [-0.2, -0.15) is 4.52 Å². The van der Waals surface area contributed by atoms with Crippen LogP contribution in [0.3, 0.4) is 0 Å². The van der Waals surface area contributed by atoms with Crippen LogP contribution in [-0.2, 0) is 9.53 Å². The highest BCUT2D eigenvalue weighted by Crippen LogP contribution is 2.27. The van der Waals surface area contributed by atoms with Gasteiger partial charge in [-0.3, -0.25) is 4.79 Å². The van der Waals surface area contributed by atoms with Crippen molar-refractivity contribution in [3.63, 3.8) is 0 Å². The highest BCUT2D eigenvalue weighted by molar-refractivity contribution is 5.86. The van der Waals surface area contributed by atoms with E-state index in [4.69, 9.17) is 4.74 Å². The molecule has 0 aromatic carbocycles. The number of ether oxygens (including phenoxy) is 1. The van der Waals surface area contributed by atoms with Gasteiger partial charge in [0, 0.05) is 19.5 Å². The van der Waals surface area contributed by atoms with Crippen LogP contribution in [-0.4, -0.2) is 75.7 Å². The second-order valence-corrected chi connectivity index (χ2v) is 6.15. The largest absolute Gasteiger partial charge is 0.378 e. The van der Waals surface area contributed by atoms with Gasteiger partial charge in [0.15, 0.2) is 17.3 Å². The molecule has 0 unspecified atom stereocenters.